The molecule has 3 N–H and O–H groups in total. The van der Waals surface area contributed by atoms with Crippen molar-refractivity contribution in [2.24, 2.45) is 11.7 Å². The van der Waals surface area contributed by atoms with E-state index < -0.39 is 0 Å². The number of nitrogens with two attached hydrogens (primary N) is 1. The van der Waals surface area contributed by atoms with Gasteiger partial charge in [0.25, 0.3) is 0 Å². The number of hydrogen-bond donors (Lipinski definition) is 2. The van der Waals surface area contributed by atoms with Gasteiger partial charge in [0, 0.05) is 31.7 Å². The molecule has 0 radical (unpaired) electrons. The predicted octanol–water partition coefficient (Wildman–Crippen LogP) is 1.38. The van der Waals surface area contributed by atoms with Crippen molar-refractivity contribution < 1.29 is 4.79 Å². The zero-order valence-electron chi connectivity index (χ0n) is 13.5. The topological polar surface area (TPSA) is 61.6 Å². The first-order valence-electron chi connectivity index (χ1n) is 8.00. The van der Waals surface area contributed by atoms with E-state index in [0.717, 1.165) is 31.5 Å². The lowest BCUT2D eigenvalue weighted by Crippen LogP contribution is -2.55. The summed E-state index contributed by atoms with van der Waals surface area (Å²) in [6, 6.07) is 8.38. The summed E-state index contributed by atoms with van der Waals surface area (Å²) >= 11 is 0. The molecule has 5 heteroatoms. The highest BCUT2D eigenvalue weighted by Gasteiger charge is 2.51. The first-order chi connectivity index (χ1) is 10.5. The first kappa shape index (κ1) is 15.3. The van der Waals surface area contributed by atoms with E-state index in [4.69, 9.17) is 5.73 Å². The molecule has 1 saturated heterocycles. The Morgan fingerprint density at radius 3 is 2.82 bits per heavy atom. The summed E-state index contributed by atoms with van der Waals surface area (Å²) in [5.41, 5.74) is 8.57. The van der Waals surface area contributed by atoms with Gasteiger partial charge in [-0.05, 0) is 44.0 Å². The van der Waals surface area contributed by atoms with Gasteiger partial charge in [0.15, 0.2) is 0 Å². The van der Waals surface area contributed by atoms with Crippen LogP contribution in [0.5, 0.6) is 0 Å². The molecule has 1 heterocycles. The van der Waals surface area contributed by atoms with E-state index in [-0.39, 0.29) is 11.6 Å². The van der Waals surface area contributed by atoms with Crippen LogP contribution in [0.1, 0.15) is 24.0 Å². The minimum Gasteiger partial charge on any atom is -0.334 e. The standard InChI is InChI=1S/C17H26N4O/c1-20(2)10-14-5-3-4-13(8-14)9-19-16(22)21-11-15-6-7-17(15,18)12-21/h3-5,8,15H,6-7,9-12,18H2,1-2H3,(H,19,22)/t15-,17-/m0/s1. The molecule has 1 aliphatic carbocycles. The first-order valence-corrected chi connectivity index (χ1v) is 8.00. The number of benzene rings is 1. The second kappa shape index (κ2) is 5.89. The molecule has 1 aromatic rings. The fraction of sp³-hybridized carbons (Fsp3) is 0.588. The number of urea groups is 1. The Balaban J connectivity index is 1.53. The Hall–Kier alpha value is -1.59. The summed E-state index contributed by atoms with van der Waals surface area (Å²) in [6.45, 7) is 2.98. The van der Waals surface area contributed by atoms with Crippen molar-refractivity contribution in [3.05, 3.63) is 35.4 Å². The second-order valence-corrected chi connectivity index (χ2v) is 7.07. The molecule has 2 aliphatic rings. The van der Waals surface area contributed by atoms with Gasteiger partial charge in [-0.2, -0.15) is 0 Å². The van der Waals surface area contributed by atoms with Crippen LogP contribution in [-0.4, -0.2) is 48.6 Å². The molecular weight excluding hydrogens is 276 g/mol. The van der Waals surface area contributed by atoms with Crippen LogP contribution in [0.15, 0.2) is 24.3 Å². The zero-order chi connectivity index (χ0) is 15.7. The molecule has 0 unspecified atom stereocenters. The maximum Gasteiger partial charge on any atom is 0.317 e. The number of nitrogens with one attached hydrogen (secondary N) is 1. The van der Waals surface area contributed by atoms with E-state index in [1.807, 2.05) is 11.0 Å². The van der Waals surface area contributed by atoms with Gasteiger partial charge in [-0.25, -0.2) is 4.79 Å². The Bertz CT molecular complexity index is 559. The monoisotopic (exact) mass is 302 g/mol. The summed E-state index contributed by atoms with van der Waals surface area (Å²) in [5, 5.41) is 3.03. The summed E-state index contributed by atoms with van der Waals surface area (Å²) in [6.07, 6.45) is 2.21. The number of amides is 2. The highest BCUT2D eigenvalue weighted by molar-refractivity contribution is 5.75. The van der Waals surface area contributed by atoms with Crippen molar-refractivity contribution in [1.82, 2.24) is 15.1 Å². The third kappa shape index (κ3) is 3.10. The number of rotatable bonds is 4. The molecule has 2 amide bonds. The Morgan fingerprint density at radius 1 is 1.45 bits per heavy atom. The normalized spacial score (nSPS) is 26.7. The average Bonchev–Trinajstić information content (AvgIpc) is 2.69. The number of hydrogen-bond acceptors (Lipinski definition) is 3. The highest BCUT2D eigenvalue weighted by Crippen LogP contribution is 2.42. The van der Waals surface area contributed by atoms with Gasteiger partial charge in [0.2, 0.25) is 0 Å². The number of carbonyl (C=O) groups excluding carboxylic acids is 1. The zero-order valence-corrected chi connectivity index (χ0v) is 13.5. The number of carbonyl (C=O) groups is 1. The Kier molecular flexibility index (Phi) is 4.10. The molecule has 120 valence electrons. The van der Waals surface area contributed by atoms with Gasteiger partial charge in [-0.1, -0.05) is 24.3 Å². The van der Waals surface area contributed by atoms with Crippen LogP contribution in [0, 0.1) is 5.92 Å². The molecule has 5 nitrogen and oxygen atoms in total. The average molecular weight is 302 g/mol. The van der Waals surface area contributed by atoms with E-state index in [1.165, 1.54) is 5.56 Å². The van der Waals surface area contributed by atoms with Gasteiger partial charge in [-0.3, -0.25) is 0 Å². The predicted molar refractivity (Wildman–Crippen MR) is 87.3 cm³/mol. The van der Waals surface area contributed by atoms with Crippen molar-refractivity contribution in [3.63, 3.8) is 0 Å². The SMILES string of the molecule is CN(C)Cc1cccc(CNC(=O)N2C[C@@H]3CC[C@]3(N)C2)c1. The Morgan fingerprint density at radius 2 is 2.23 bits per heavy atom. The van der Waals surface area contributed by atoms with Crippen molar-refractivity contribution >= 4 is 6.03 Å². The minimum absolute atomic E-state index is 0.0113. The number of fused-ring (bicyclic) bond motifs is 1. The van der Waals surface area contributed by atoms with E-state index in [1.54, 1.807) is 0 Å². The van der Waals surface area contributed by atoms with Gasteiger partial charge < -0.3 is 20.9 Å². The van der Waals surface area contributed by atoms with Crippen LogP contribution in [-0.2, 0) is 13.1 Å². The molecular formula is C17H26N4O. The molecule has 1 saturated carbocycles. The van der Waals surface area contributed by atoms with E-state index >= 15 is 0 Å². The minimum atomic E-state index is -0.108. The quantitative estimate of drug-likeness (QED) is 0.883. The smallest absolute Gasteiger partial charge is 0.317 e. The fourth-order valence-corrected chi connectivity index (χ4v) is 3.53. The molecule has 1 aliphatic heterocycles. The molecule has 1 aromatic carbocycles. The van der Waals surface area contributed by atoms with E-state index in [2.05, 4.69) is 42.5 Å². The van der Waals surface area contributed by atoms with Gasteiger partial charge in [0.1, 0.15) is 0 Å². The van der Waals surface area contributed by atoms with Crippen LogP contribution in [0.2, 0.25) is 0 Å². The van der Waals surface area contributed by atoms with Crippen molar-refractivity contribution in [2.75, 3.05) is 27.2 Å². The largest absolute Gasteiger partial charge is 0.334 e. The lowest BCUT2D eigenvalue weighted by molar-refractivity contribution is 0.187. The molecule has 0 spiro atoms. The van der Waals surface area contributed by atoms with Gasteiger partial charge >= 0.3 is 6.03 Å². The van der Waals surface area contributed by atoms with Crippen LogP contribution >= 0.6 is 0 Å². The van der Waals surface area contributed by atoms with Crippen LogP contribution in [0.25, 0.3) is 0 Å². The maximum absolute atomic E-state index is 12.3. The summed E-state index contributed by atoms with van der Waals surface area (Å²) < 4.78 is 0. The van der Waals surface area contributed by atoms with Crippen molar-refractivity contribution in [3.8, 4) is 0 Å². The van der Waals surface area contributed by atoms with Crippen LogP contribution in [0.3, 0.4) is 0 Å². The summed E-state index contributed by atoms with van der Waals surface area (Å²) in [5.74, 6) is 0.502. The fourth-order valence-electron chi connectivity index (χ4n) is 3.53. The second-order valence-electron chi connectivity index (χ2n) is 7.07. The summed E-state index contributed by atoms with van der Waals surface area (Å²) in [7, 11) is 4.11. The maximum atomic E-state index is 12.3. The van der Waals surface area contributed by atoms with Crippen LogP contribution in [0.4, 0.5) is 4.79 Å². The molecule has 3 rings (SSSR count). The lowest BCUT2D eigenvalue weighted by atomic mass is 9.70. The number of nitrogens with zero attached hydrogens (tertiary/aromatic N) is 2. The van der Waals surface area contributed by atoms with Crippen molar-refractivity contribution in [2.45, 2.75) is 31.5 Å². The lowest BCUT2D eigenvalue weighted by Gasteiger charge is -2.39. The molecule has 2 atom stereocenters. The van der Waals surface area contributed by atoms with Gasteiger partial charge in [0.05, 0.1) is 0 Å². The molecule has 0 bridgehead atoms. The van der Waals surface area contributed by atoms with Crippen molar-refractivity contribution in [1.29, 1.82) is 0 Å². The Labute approximate surface area is 132 Å². The van der Waals surface area contributed by atoms with Crippen LogP contribution < -0.4 is 11.1 Å². The molecule has 2 fully saturated rings. The third-order valence-corrected chi connectivity index (χ3v) is 4.92. The number of likely N-dealkylation sites (tertiary alicyclic amines) is 1. The summed E-state index contributed by atoms with van der Waals surface area (Å²) in [4.78, 5) is 16.3. The van der Waals surface area contributed by atoms with E-state index in [9.17, 15) is 4.79 Å². The molecule has 0 aromatic heterocycles. The third-order valence-electron chi connectivity index (χ3n) is 4.92. The molecule has 22 heavy (non-hydrogen) atoms. The van der Waals surface area contributed by atoms with Gasteiger partial charge in [-0.15, -0.1) is 0 Å². The van der Waals surface area contributed by atoms with E-state index in [0.29, 0.717) is 19.0 Å². The highest BCUT2D eigenvalue weighted by atomic mass is 16.2.